The molecule has 3 aromatic carbocycles. The minimum atomic E-state index is -1.28. The molecule has 0 unspecified atom stereocenters. The summed E-state index contributed by atoms with van der Waals surface area (Å²) < 4.78 is 28.5. The maximum atomic E-state index is 13.7. The Balaban J connectivity index is 1.56. The zero-order valence-electron chi connectivity index (χ0n) is 47.1. The first-order chi connectivity index (χ1) is 38.8. The molecule has 5 amide bonds. The normalized spacial score (nSPS) is 11.1. The molecule has 0 radical (unpaired) electrons. The third-order valence-corrected chi connectivity index (χ3v) is 13.0. The summed E-state index contributed by atoms with van der Waals surface area (Å²) in [5.41, 5.74) is 1.00. The number of hydrogen-bond donors (Lipinski definition) is 7. The van der Waals surface area contributed by atoms with Crippen molar-refractivity contribution in [1.29, 1.82) is 0 Å². The van der Waals surface area contributed by atoms with Gasteiger partial charge < -0.3 is 60.5 Å². The van der Waals surface area contributed by atoms with Gasteiger partial charge in [-0.3, -0.25) is 38.4 Å². The molecule has 20 nitrogen and oxygen atoms in total. The van der Waals surface area contributed by atoms with Gasteiger partial charge in [0, 0.05) is 87.8 Å². The van der Waals surface area contributed by atoms with Crippen molar-refractivity contribution in [2.75, 3.05) is 80.0 Å². The van der Waals surface area contributed by atoms with Gasteiger partial charge in [-0.15, -0.1) is 0 Å². The molecule has 3 aromatic rings. The Morgan fingerprint density at radius 3 is 1.29 bits per heavy atom. The van der Waals surface area contributed by atoms with Crippen molar-refractivity contribution in [3.8, 4) is 11.5 Å². The lowest BCUT2D eigenvalue weighted by Gasteiger charge is -2.34. The average molecular weight is 1120 g/mol. The zero-order valence-corrected chi connectivity index (χ0v) is 47.1. The van der Waals surface area contributed by atoms with Crippen LogP contribution in [0.4, 0.5) is 0 Å². The molecule has 0 aliphatic carbocycles. The molecule has 0 heterocycles. The smallest absolute Gasteiger partial charge is 0.303 e. The number of Topliss-reactive ketones (excluding diaryl/α,β-unsaturated/α-hetero) is 2. The largest absolute Gasteiger partial charge is 0.497 e. The van der Waals surface area contributed by atoms with Gasteiger partial charge in [-0.1, -0.05) is 69.2 Å². The first-order valence-corrected chi connectivity index (χ1v) is 28.1. The lowest BCUT2D eigenvalue weighted by Crippen LogP contribution is -2.58. The fourth-order valence-corrected chi connectivity index (χ4v) is 8.28. The van der Waals surface area contributed by atoms with Crippen molar-refractivity contribution in [3.63, 3.8) is 0 Å². The number of carbonyl (C=O) groups is 8. The molecule has 0 aliphatic rings. The van der Waals surface area contributed by atoms with E-state index in [9.17, 15) is 43.5 Å². The fraction of sp³-hybridized carbons (Fsp3) is 0.567. The highest BCUT2D eigenvalue weighted by molar-refractivity contribution is 5.96. The van der Waals surface area contributed by atoms with E-state index in [1.54, 1.807) is 87.0 Å². The van der Waals surface area contributed by atoms with Crippen LogP contribution in [0.25, 0.3) is 0 Å². The molecule has 7 N–H and O–H groups in total. The Bertz CT molecular complexity index is 2080. The van der Waals surface area contributed by atoms with Crippen LogP contribution in [-0.2, 0) is 44.8 Å². The Labute approximate surface area is 471 Å². The summed E-state index contributed by atoms with van der Waals surface area (Å²) in [6, 6.07) is 20.3. The van der Waals surface area contributed by atoms with E-state index in [0.717, 1.165) is 44.1 Å². The molecule has 442 valence electrons. The van der Waals surface area contributed by atoms with E-state index in [-0.39, 0.29) is 119 Å². The minimum Gasteiger partial charge on any atom is -0.497 e. The molecule has 0 saturated carbocycles. The third kappa shape index (κ3) is 30.6. The fourth-order valence-electron chi connectivity index (χ4n) is 8.28. The number of aliphatic hydroxyl groups excluding tert-OH is 1. The Morgan fingerprint density at radius 2 is 0.825 bits per heavy atom. The highest BCUT2D eigenvalue weighted by Gasteiger charge is 2.34. The molecule has 0 atom stereocenters. The quantitative estimate of drug-likeness (QED) is 0.0225. The number of benzene rings is 3. The zero-order chi connectivity index (χ0) is 58.1. The van der Waals surface area contributed by atoms with Crippen LogP contribution in [0.15, 0.2) is 72.8 Å². The highest BCUT2D eigenvalue weighted by atomic mass is 16.5. The lowest BCUT2D eigenvalue weighted by molar-refractivity contribution is -0.137. The van der Waals surface area contributed by atoms with E-state index in [1.807, 2.05) is 0 Å². The SMILES string of the molecule is COc1ccc(C(=O)NCCCNC(=O)CCOCC(COCCC(=O)CCCCCC(=O)c2ccc(CO)cc2)(COCCC(=O)NCCCNC(=O)c2ccc(OC)cc2)NC(=O)CCCCCCCCCCC(=O)O)cc1. The first-order valence-electron chi connectivity index (χ1n) is 28.1. The standard InChI is InChI=1S/C60H87N5O15/c1-76-51-28-24-48(25-29-51)58(74)63-37-14-35-61-54(69)33-40-79-44-60(65-56(71)18-12-7-5-3-4-6-8-13-19-57(72)73,43-78-39-32-50(67)16-10-9-11-17-53(68)47-22-20-46(42-66)21-23-47)45-80-41-34-55(70)62-36-15-38-64-59(75)49-26-30-52(77-2)31-27-49/h20-31,66H,3-19,32-45H2,1-2H3,(H,61,69)(H,62,70)(H,63,74)(H,64,75)(H,65,71)(H,72,73). The number of rotatable bonds is 47. The molecule has 0 aliphatic heterocycles. The maximum Gasteiger partial charge on any atom is 0.303 e. The van der Waals surface area contributed by atoms with Crippen LogP contribution in [0.5, 0.6) is 11.5 Å². The minimum absolute atomic E-state index is 0.00366. The van der Waals surface area contributed by atoms with Crippen molar-refractivity contribution < 1.29 is 72.3 Å². The number of methoxy groups -OCH3 is 2. The second-order valence-corrected chi connectivity index (χ2v) is 19.7. The van der Waals surface area contributed by atoms with E-state index in [2.05, 4.69) is 26.6 Å². The molecule has 0 fully saturated rings. The van der Waals surface area contributed by atoms with Gasteiger partial charge in [0.05, 0.1) is 60.5 Å². The van der Waals surface area contributed by atoms with E-state index < -0.39 is 11.5 Å². The van der Waals surface area contributed by atoms with Gasteiger partial charge in [0.1, 0.15) is 22.8 Å². The summed E-state index contributed by atoms with van der Waals surface area (Å²) >= 11 is 0. The number of carbonyl (C=O) groups excluding carboxylic acids is 7. The summed E-state index contributed by atoms with van der Waals surface area (Å²) in [6.45, 7) is 0.843. The topological polar surface area (TPSA) is 283 Å². The van der Waals surface area contributed by atoms with Crippen LogP contribution >= 0.6 is 0 Å². The van der Waals surface area contributed by atoms with E-state index in [0.29, 0.717) is 112 Å². The summed E-state index contributed by atoms with van der Waals surface area (Å²) in [4.78, 5) is 101. The van der Waals surface area contributed by atoms with Crippen LogP contribution in [0.3, 0.4) is 0 Å². The van der Waals surface area contributed by atoms with E-state index in [4.69, 9.17) is 28.8 Å². The van der Waals surface area contributed by atoms with Gasteiger partial charge >= 0.3 is 5.97 Å². The van der Waals surface area contributed by atoms with Crippen molar-refractivity contribution in [1.82, 2.24) is 26.6 Å². The Kier molecular flexibility index (Phi) is 34.9. The van der Waals surface area contributed by atoms with Crippen molar-refractivity contribution in [3.05, 3.63) is 95.1 Å². The van der Waals surface area contributed by atoms with Gasteiger partial charge in [-0.05, 0) is 92.6 Å². The van der Waals surface area contributed by atoms with Gasteiger partial charge in [0.15, 0.2) is 5.78 Å². The van der Waals surface area contributed by atoms with Gasteiger partial charge in [0.25, 0.3) is 11.8 Å². The number of ether oxygens (including phenoxy) is 5. The van der Waals surface area contributed by atoms with Crippen molar-refractivity contribution in [2.45, 2.75) is 141 Å². The Morgan fingerprint density at radius 1 is 0.425 bits per heavy atom. The van der Waals surface area contributed by atoms with Crippen molar-refractivity contribution >= 4 is 47.1 Å². The molecule has 0 saturated heterocycles. The van der Waals surface area contributed by atoms with Crippen LogP contribution in [-0.4, -0.2) is 143 Å². The Hall–Kier alpha value is -6.74. The number of unbranched alkanes of at least 4 members (excludes halogenated alkanes) is 9. The first kappa shape index (κ1) is 67.5. The number of carboxylic acids is 1. The maximum absolute atomic E-state index is 13.7. The lowest BCUT2D eigenvalue weighted by atomic mass is 10.0. The van der Waals surface area contributed by atoms with E-state index >= 15 is 0 Å². The van der Waals surface area contributed by atoms with Gasteiger partial charge in [-0.2, -0.15) is 0 Å². The second-order valence-electron chi connectivity index (χ2n) is 19.7. The number of aliphatic carboxylic acids is 1. The molecule has 0 bridgehead atoms. The summed E-state index contributed by atoms with van der Waals surface area (Å²) in [5.74, 6) is -0.855. The van der Waals surface area contributed by atoms with Crippen LogP contribution in [0.1, 0.15) is 165 Å². The summed E-state index contributed by atoms with van der Waals surface area (Å²) in [6.07, 6.45) is 10.8. The van der Waals surface area contributed by atoms with Gasteiger partial charge in [0.2, 0.25) is 17.7 Å². The molecule has 0 aromatic heterocycles. The number of aliphatic hydroxyl groups is 1. The number of nitrogens with one attached hydrogen (secondary N) is 5. The van der Waals surface area contributed by atoms with Crippen LogP contribution < -0.4 is 36.1 Å². The number of carboxylic acid groups (broad SMARTS) is 1. The molecule has 20 heteroatoms. The summed E-state index contributed by atoms with van der Waals surface area (Å²) in [7, 11) is 3.09. The molecule has 3 rings (SSSR count). The second kappa shape index (κ2) is 41.3. The molecular weight excluding hydrogens is 1030 g/mol. The number of amides is 5. The third-order valence-electron chi connectivity index (χ3n) is 13.0. The predicted molar refractivity (Wildman–Crippen MR) is 302 cm³/mol. The van der Waals surface area contributed by atoms with E-state index in [1.165, 1.54) is 0 Å². The van der Waals surface area contributed by atoms with Crippen LogP contribution in [0.2, 0.25) is 0 Å². The van der Waals surface area contributed by atoms with Crippen molar-refractivity contribution in [2.24, 2.45) is 0 Å². The average Bonchev–Trinajstić information content (AvgIpc) is 3.46. The highest BCUT2D eigenvalue weighted by Crippen LogP contribution is 2.17. The monoisotopic (exact) mass is 1120 g/mol. The molecule has 80 heavy (non-hydrogen) atoms. The molecular formula is C60H87N5O15. The summed E-state index contributed by atoms with van der Waals surface area (Å²) in [5, 5.41) is 32.6. The number of hydrogen-bond acceptors (Lipinski definition) is 14. The number of ketones is 2. The molecule has 0 spiro atoms. The van der Waals surface area contributed by atoms with Crippen LogP contribution in [0, 0.1) is 0 Å². The van der Waals surface area contributed by atoms with Gasteiger partial charge in [-0.25, -0.2) is 0 Å². The predicted octanol–water partition coefficient (Wildman–Crippen LogP) is 6.83.